The zero-order chi connectivity index (χ0) is 12.8. The monoisotopic (exact) mass is 246 g/mol. The zero-order valence-corrected chi connectivity index (χ0v) is 10.4. The summed E-state index contributed by atoms with van der Waals surface area (Å²) in [6.07, 6.45) is 5.08. The third-order valence-corrected chi connectivity index (χ3v) is 3.04. The van der Waals surface area contributed by atoms with Gasteiger partial charge in [-0.05, 0) is 25.0 Å². The molecule has 0 saturated heterocycles. The van der Waals surface area contributed by atoms with Crippen LogP contribution in [0.2, 0.25) is 0 Å². The van der Waals surface area contributed by atoms with Crippen molar-refractivity contribution in [1.29, 1.82) is 0 Å². The summed E-state index contributed by atoms with van der Waals surface area (Å²) >= 11 is 0. The number of rotatable bonds is 7. The van der Waals surface area contributed by atoms with Crippen molar-refractivity contribution < 1.29 is 14.3 Å². The van der Waals surface area contributed by atoms with Crippen LogP contribution in [0, 0.1) is 0 Å². The van der Waals surface area contributed by atoms with Crippen LogP contribution < -0.4 is 0 Å². The lowest BCUT2D eigenvalue weighted by molar-refractivity contribution is -0.137. The Morgan fingerprint density at radius 2 is 1.89 bits per heavy atom. The summed E-state index contributed by atoms with van der Waals surface area (Å²) in [7, 11) is 0. The maximum absolute atomic E-state index is 10.3. The smallest absolute Gasteiger partial charge is 0.303 e. The maximum Gasteiger partial charge on any atom is 0.303 e. The molecule has 18 heavy (non-hydrogen) atoms. The molecule has 3 nitrogen and oxygen atoms in total. The molecule has 1 N–H and O–H groups in total. The molecule has 0 unspecified atom stereocenters. The van der Waals surface area contributed by atoms with Crippen LogP contribution in [0.1, 0.15) is 37.9 Å². The van der Waals surface area contributed by atoms with Crippen molar-refractivity contribution in [1.82, 2.24) is 0 Å². The first-order chi connectivity index (χ1) is 8.75. The molecule has 1 aromatic heterocycles. The number of hydrogen-bond donors (Lipinski definition) is 1. The van der Waals surface area contributed by atoms with Gasteiger partial charge in [0.25, 0.3) is 0 Å². The minimum atomic E-state index is -0.702. The summed E-state index contributed by atoms with van der Waals surface area (Å²) in [5.41, 5.74) is 0.943. The minimum Gasteiger partial charge on any atom is -0.481 e. The average Bonchev–Trinajstić information content (AvgIpc) is 2.75. The van der Waals surface area contributed by atoms with Crippen molar-refractivity contribution in [3.63, 3.8) is 0 Å². The van der Waals surface area contributed by atoms with Crippen molar-refractivity contribution >= 4 is 16.9 Å². The standard InChI is InChI=1S/C15H18O3/c16-15(17)10-4-2-1-3-8-13-11-12-7-5-6-9-14(12)18-13/h5-7,9,11H,1-4,8,10H2,(H,16,17). The van der Waals surface area contributed by atoms with Crippen LogP contribution in [0.4, 0.5) is 0 Å². The number of hydrogen-bond acceptors (Lipinski definition) is 2. The van der Waals surface area contributed by atoms with E-state index in [2.05, 4.69) is 12.1 Å². The van der Waals surface area contributed by atoms with Gasteiger partial charge in [0.15, 0.2) is 0 Å². The van der Waals surface area contributed by atoms with Gasteiger partial charge in [-0.2, -0.15) is 0 Å². The fraction of sp³-hybridized carbons (Fsp3) is 0.400. The molecule has 0 fully saturated rings. The number of furan rings is 1. The molecular weight excluding hydrogens is 228 g/mol. The predicted octanol–water partition coefficient (Wildman–Crippen LogP) is 4.01. The van der Waals surface area contributed by atoms with Crippen LogP contribution in [0.25, 0.3) is 11.0 Å². The van der Waals surface area contributed by atoms with Crippen LogP contribution in [0.5, 0.6) is 0 Å². The lowest BCUT2D eigenvalue weighted by Crippen LogP contribution is -1.93. The second-order valence-electron chi connectivity index (χ2n) is 4.56. The van der Waals surface area contributed by atoms with E-state index in [4.69, 9.17) is 9.52 Å². The molecule has 1 aromatic carbocycles. The topological polar surface area (TPSA) is 50.4 Å². The number of para-hydroxylation sites is 1. The van der Waals surface area contributed by atoms with Gasteiger partial charge in [0.2, 0.25) is 0 Å². The number of carboxylic acid groups (broad SMARTS) is 1. The predicted molar refractivity (Wildman–Crippen MR) is 70.6 cm³/mol. The summed E-state index contributed by atoms with van der Waals surface area (Å²) in [6.45, 7) is 0. The van der Waals surface area contributed by atoms with E-state index in [9.17, 15) is 4.79 Å². The molecule has 0 saturated carbocycles. The molecule has 0 spiro atoms. The fourth-order valence-electron chi connectivity index (χ4n) is 2.09. The van der Waals surface area contributed by atoms with Gasteiger partial charge in [0, 0.05) is 18.2 Å². The third-order valence-electron chi connectivity index (χ3n) is 3.04. The van der Waals surface area contributed by atoms with Crippen molar-refractivity contribution in [2.75, 3.05) is 0 Å². The molecule has 0 aliphatic carbocycles. The van der Waals surface area contributed by atoms with Gasteiger partial charge in [-0.25, -0.2) is 0 Å². The molecule has 0 aliphatic heterocycles. The first-order valence-corrected chi connectivity index (χ1v) is 6.45. The molecule has 0 aliphatic rings. The van der Waals surface area contributed by atoms with Crippen LogP contribution in [0.3, 0.4) is 0 Å². The number of aryl methyl sites for hydroxylation is 1. The van der Waals surface area contributed by atoms with E-state index in [1.165, 1.54) is 0 Å². The van der Waals surface area contributed by atoms with E-state index >= 15 is 0 Å². The number of fused-ring (bicyclic) bond motifs is 1. The first kappa shape index (κ1) is 12.7. The maximum atomic E-state index is 10.3. The minimum absolute atomic E-state index is 0.282. The van der Waals surface area contributed by atoms with Crippen LogP contribution in [0.15, 0.2) is 34.7 Å². The van der Waals surface area contributed by atoms with Crippen molar-refractivity contribution in [3.05, 3.63) is 36.1 Å². The largest absolute Gasteiger partial charge is 0.481 e. The lowest BCUT2D eigenvalue weighted by Gasteiger charge is -1.98. The van der Waals surface area contributed by atoms with Crippen LogP contribution >= 0.6 is 0 Å². The molecule has 0 amide bonds. The van der Waals surface area contributed by atoms with Gasteiger partial charge >= 0.3 is 5.97 Å². The Kier molecular flexibility index (Phi) is 4.40. The summed E-state index contributed by atoms with van der Waals surface area (Å²) in [5, 5.41) is 9.66. The number of unbranched alkanes of at least 4 members (excludes halogenated alkanes) is 3. The van der Waals surface area contributed by atoms with E-state index in [-0.39, 0.29) is 6.42 Å². The number of benzene rings is 1. The van der Waals surface area contributed by atoms with Crippen molar-refractivity contribution in [2.24, 2.45) is 0 Å². The van der Waals surface area contributed by atoms with Gasteiger partial charge in [0.1, 0.15) is 11.3 Å². The number of carboxylic acids is 1. The third kappa shape index (κ3) is 3.62. The summed E-state index contributed by atoms with van der Waals surface area (Å²) in [4.78, 5) is 10.3. The highest BCUT2D eigenvalue weighted by Gasteiger charge is 2.02. The van der Waals surface area contributed by atoms with Crippen LogP contribution in [-0.4, -0.2) is 11.1 Å². The fourth-order valence-corrected chi connectivity index (χ4v) is 2.09. The van der Waals surface area contributed by atoms with E-state index in [0.717, 1.165) is 48.8 Å². The number of carbonyl (C=O) groups is 1. The van der Waals surface area contributed by atoms with Gasteiger partial charge in [-0.15, -0.1) is 0 Å². The highest BCUT2D eigenvalue weighted by atomic mass is 16.4. The summed E-state index contributed by atoms with van der Waals surface area (Å²) < 4.78 is 5.72. The molecule has 0 bridgehead atoms. The van der Waals surface area contributed by atoms with E-state index in [0.29, 0.717) is 0 Å². The van der Waals surface area contributed by atoms with E-state index < -0.39 is 5.97 Å². The van der Waals surface area contributed by atoms with Gasteiger partial charge in [0.05, 0.1) is 0 Å². The summed E-state index contributed by atoms with van der Waals surface area (Å²) in [6, 6.07) is 10.1. The Bertz CT molecular complexity index is 480. The zero-order valence-electron chi connectivity index (χ0n) is 10.4. The average molecular weight is 246 g/mol. The van der Waals surface area contributed by atoms with Gasteiger partial charge in [-0.1, -0.05) is 31.0 Å². The number of aliphatic carboxylic acids is 1. The van der Waals surface area contributed by atoms with E-state index in [1.807, 2.05) is 18.2 Å². The van der Waals surface area contributed by atoms with Gasteiger partial charge < -0.3 is 9.52 Å². The molecule has 2 rings (SSSR count). The second kappa shape index (κ2) is 6.24. The molecule has 0 atom stereocenters. The Morgan fingerprint density at radius 3 is 2.67 bits per heavy atom. The molecule has 0 radical (unpaired) electrons. The van der Waals surface area contributed by atoms with Crippen LogP contribution in [-0.2, 0) is 11.2 Å². The summed E-state index contributed by atoms with van der Waals surface area (Å²) in [5.74, 6) is 0.321. The van der Waals surface area contributed by atoms with E-state index in [1.54, 1.807) is 0 Å². The molecule has 3 heteroatoms. The normalized spacial score (nSPS) is 10.9. The Hall–Kier alpha value is -1.77. The lowest BCUT2D eigenvalue weighted by atomic mass is 10.1. The highest BCUT2D eigenvalue weighted by Crippen LogP contribution is 2.20. The molecule has 96 valence electrons. The van der Waals surface area contributed by atoms with Crippen molar-refractivity contribution in [2.45, 2.75) is 38.5 Å². The Morgan fingerprint density at radius 1 is 1.11 bits per heavy atom. The first-order valence-electron chi connectivity index (χ1n) is 6.45. The molecular formula is C15H18O3. The Labute approximate surface area is 106 Å². The Balaban J connectivity index is 1.72. The van der Waals surface area contributed by atoms with Gasteiger partial charge in [-0.3, -0.25) is 4.79 Å². The quantitative estimate of drug-likeness (QED) is 0.751. The SMILES string of the molecule is O=C(O)CCCCCCc1cc2ccccc2o1. The molecule has 1 heterocycles. The molecule has 2 aromatic rings. The van der Waals surface area contributed by atoms with Crippen molar-refractivity contribution in [3.8, 4) is 0 Å². The highest BCUT2D eigenvalue weighted by molar-refractivity contribution is 5.77. The second-order valence-corrected chi connectivity index (χ2v) is 4.56.